The van der Waals surface area contributed by atoms with Crippen LogP contribution >= 0.6 is 0 Å². The zero-order valence-electron chi connectivity index (χ0n) is 12.0. The molecule has 0 bridgehead atoms. The molecule has 0 saturated heterocycles. The Labute approximate surface area is 128 Å². The van der Waals surface area contributed by atoms with E-state index in [1.807, 2.05) is 48.3 Å². The predicted molar refractivity (Wildman–Crippen MR) is 86.0 cm³/mol. The van der Waals surface area contributed by atoms with Crippen LogP contribution in [0.15, 0.2) is 53.6 Å². The van der Waals surface area contributed by atoms with Crippen LogP contribution in [0.1, 0.15) is 11.1 Å². The second kappa shape index (κ2) is 6.90. The number of benzene rings is 2. The van der Waals surface area contributed by atoms with Gasteiger partial charge in [0.15, 0.2) is 0 Å². The SMILES string of the molecule is CN(c1ccc(C#N)cc1)c1ccc(C=NNC(N)=O)cc1. The molecule has 2 aromatic carbocycles. The van der Waals surface area contributed by atoms with Crippen molar-refractivity contribution >= 4 is 23.6 Å². The fourth-order valence-corrected chi connectivity index (χ4v) is 1.86. The minimum Gasteiger partial charge on any atom is -0.350 e. The van der Waals surface area contributed by atoms with Gasteiger partial charge in [-0.1, -0.05) is 12.1 Å². The highest BCUT2D eigenvalue weighted by Crippen LogP contribution is 2.23. The molecule has 0 aliphatic rings. The van der Waals surface area contributed by atoms with Gasteiger partial charge in [-0.25, -0.2) is 10.2 Å². The van der Waals surface area contributed by atoms with Crippen molar-refractivity contribution in [2.24, 2.45) is 10.8 Å². The van der Waals surface area contributed by atoms with Crippen LogP contribution in [-0.4, -0.2) is 19.3 Å². The number of nitrogens with one attached hydrogen (secondary N) is 1. The van der Waals surface area contributed by atoms with Crippen LogP contribution in [0.25, 0.3) is 0 Å². The molecule has 0 radical (unpaired) electrons. The molecule has 3 N–H and O–H groups in total. The Morgan fingerprint density at radius 1 is 1.18 bits per heavy atom. The van der Waals surface area contributed by atoms with E-state index in [2.05, 4.69) is 16.6 Å². The van der Waals surface area contributed by atoms with Gasteiger partial charge in [0.2, 0.25) is 0 Å². The second-order valence-electron chi connectivity index (χ2n) is 4.54. The molecule has 6 heteroatoms. The third kappa shape index (κ3) is 3.84. The van der Waals surface area contributed by atoms with Crippen LogP contribution in [0.5, 0.6) is 0 Å². The first-order valence-electron chi connectivity index (χ1n) is 6.52. The molecule has 2 aromatic rings. The zero-order chi connectivity index (χ0) is 15.9. The Morgan fingerprint density at radius 2 is 1.73 bits per heavy atom. The summed E-state index contributed by atoms with van der Waals surface area (Å²) in [5.41, 5.74) is 10.5. The van der Waals surface area contributed by atoms with Crippen LogP contribution in [-0.2, 0) is 0 Å². The Morgan fingerprint density at radius 3 is 2.23 bits per heavy atom. The van der Waals surface area contributed by atoms with E-state index in [9.17, 15) is 4.79 Å². The Balaban J connectivity index is 2.10. The lowest BCUT2D eigenvalue weighted by molar-refractivity contribution is 0.249. The van der Waals surface area contributed by atoms with Gasteiger partial charge >= 0.3 is 6.03 Å². The number of nitrogens with zero attached hydrogens (tertiary/aromatic N) is 3. The molecular formula is C16H15N5O. The molecule has 22 heavy (non-hydrogen) atoms. The van der Waals surface area contributed by atoms with E-state index >= 15 is 0 Å². The van der Waals surface area contributed by atoms with Crippen LogP contribution in [0.4, 0.5) is 16.2 Å². The smallest absolute Gasteiger partial charge is 0.332 e. The maximum atomic E-state index is 10.5. The molecule has 0 atom stereocenters. The van der Waals surface area contributed by atoms with Crippen LogP contribution in [0, 0.1) is 11.3 Å². The normalized spacial score (nSPS) is 10.2. The maximum absolute atomic E-state index is 10.5. The molecule has 0 fully saturated rings. The van der Waals surface area contributed by atoms with Crippen LogP contribution in [0.2, 0.25) is 0 Å². The number of anilines is 2. The van der Waals surface area contributed by atoms with Gasteiger partial charge in [-0.05, 0) is 42.0 Å². The monoisotopic (exact) mass is 293 g/mol. The first-order valence-corrected chi connectivity index (χ1v) is 6.52. The molecule has 0 unspecified atom stereocenters. The topological polar surface area (TPSA) is 94.5 Å². The van der Waals surface area contributed by atoms with Crippen molar-refractivity contribution in [1.82, 2.24) is 5.43 Å². The summed E-state index contributed by atoms with van der Waals surface area (Å²) in [5.74, 6) is 0. The van der Waals surface area contributed by atoms with Crippen LogP contribution in [0.3, 0.4) is 0 Å². The van der Waals surface area contributed by atoms with E-state index in [0.29, 0.717) is 5.56 Å². The van der Waals surface area contributed by atoms with Crippen molar-refractivity contribution in [3.8, 4) is 6.07 Å². The van der Waals surface area contributed by atoms with E-state index in [1.54, 1.807) is 12.1 Å². The number of rotatable bonds is 4. The first kappa shape index (κ1) is 15.1. The van der Waals surface area contributed by atoms with E-state index in [0.717, 1.165) is 16.9 Å². The fraction of sp³-hybridized carbons (Fsp3) is 0.0625. The Kier molecular flexibility index (Phi) is 4.73. The molecular weight excluding hydrogens is 278 g/mol. The van der Waals surface area contributed by atoms with Gasteiger partial charge in [0, 0.05) is 18.4 Å². The number of amides is 2. The van der Waals surface area contributed by atoms with Gasteiger partial charge in [0.1, 0.15) is 0 Å². The molecule has 0 aliphatic carbocycles. The molecule has 2 amide bonds. The quantitative estimate of drug-likeness (QED) is 0.669. The van der Waals surface area contributed by atoms with Gasteiger partial charge < -0.3 is 10.6 Å². The van der Waals surface area contributed by atoms with Crippen molar-refractivity contribution in [2.45, 2.75) is 0 Å². The summed E-state index contributed by atoms with van der Waals surface area (Å²) in [5, 5.41) is 12.5. The molecule has 0 heterocycles. The van der Waals surface area contributed by atoms with E-state index in [4.69, 9.17) is 11.0 Å². The minimum atomic E-state index is -0.701. The van der Waals surface area contributed by atoms with E-state index in [1.165, 1.54) is 6.21 Å². The number of carbonyl (C=O) groups is 1. The van der Waals surface area contributed by atoms with Crippen molar-refractivity contribution in [3.63, 3.8) is 0 Å². The molecule has 110 valence electrons. The molecule has 0 aromatic heterocycles. The van der Waals surface area contributed by atoms with E-state index in [-0.39, 0.29) is 0 Å². The summed E-state index contributed by atoms with van der Waals surface area (Å²) in [4.78, 5) is 12.5. The van der Waals surface area contributed by atoms with Gasteiger partial charge in [0.05, 0.1) is 17.8 Å². The molecule has 0 aliphatic heterocycles. The summed E-state index contributed by atoms with van der Waals surface area (Å²) in [7, 11) is 1.94. The standard InChI is InChI=1S/C16H15N5O/c1-21(14-6-2-12(10-17)3-7-14)15-8-4-13(5-9-15)11-19-20-16(18)22/h2-9,11H,1H3,(H3,18,20,22). The summed E-state index contributed by atoms with van der Waals surface area (Å²) < 4.78 is 0. The number of hydrogen-bond acceptors (Lipinski definition) is 4. The summed E-state index contributed by atoms with van der Waals surface area (Å²) in [6.45, 7) is 0. The third-order valence-electron chi connectivity index (χ3n) is 3.05. The number of nitriles is 1. The van der Waals surface area contributed by atoms with Crippen molar-refractivity contribution in [3.05, 3.63) is 59.7 Å². The van der Waals surface area contributed by atoms with Crippen molar-refractivity contribution < 1.29 is 4.79 Å². The largest absolute Gasteiger partial charge is 0.350 e. The number of hydrogen-bond donors (Lipinski definition) is 2. The molecule has 0 saturated carbocycles. The lowest BCUT2D eigenvalue weighted by Gasteiger charge is -2.19. The van der Waals surface area contributed by atoms with E-state index < -0.39 is 6.03 Å². The maximum Gasteiger partial charge on any atom is 0.332 e. The van der Waals surface area contributed by atoms with Crippen molar-refractivity contribution in [2.75, 3.05) is 11.9 Å². The third-order valence-corrected chi connectivity index (χ3v) is 3.05. The number of hydrazone groups is 1. The molecule has 0 spiro atoms. The highest BCUT2D eigenvalue weighted by Gasteiger charge is 2.03. The highest BCUT2D eigenvalue weighted by molar-refractivity contribution is 5.82. The number of nitrogens with two attached hydrogens (primary N) is 1. The zero-order valence-corrected chi connectivity index (χ0v) is 12.0. The second-order valence-corrected chi connectivity index (χ2v) is 4.54. The van der Waals surface area contributed by atoms with Crippen LogP contribution < -0.4 is 16.1 Å². The first-order chi connectivity index (χ1) is 10.6. The van der Waals surface area contributed by atoms with Gasteiger partial charge in [-0.15, -0.1) is 0 Å². The average Bonchev–Trinajstić information content (AvgIpc) is 2.54. The van der Waals surface area contributed by atoms with Gasteiger partial charge in [0.25, 0.3) is 0 Å². The van der Waals surface area contributed by atoms with Gasteiger partial charge in [-0.3, -0.25) is 0 Å². The number of carbonyl (C=O) groups excluding carboxylic acids is 1. The highest BCUT2D eigenvalue weighted by atomic mass is 16.2. The summed E-state index contributed by atoms with van der Waals surface area (Å²) in [6.07, 6.45) is 1.51. The Bertz CT molecular complexity index is 714. The van der Waals surface area contributed by atoms with Crippen molar-refractivity contribution in [1.29, 1.82) is 5.26 Å². The van der Waals surface area contributed by atoms with Gasteiger partial charge in [-0.2, -0.15) is 10.4 Å². The Hall–Kier alpha value is -3.33. The summed E-state index contributed by atoms with van der Waals surface area (Å²) >= 11 is 0. The number of urea groups is 1. The predicted octanol–water partition coefficient (Wildman–Crippen LogP) is 2.33. The lowest BCUT2D eigenvalue weighted by Crippen LogP contribution is -2.24. The summed E-state index contributed by atoms with van der Waals surface area (Å²) in [6, 6.07) is 16.4. The molecule has 2 rings (SSSR count). The lowest BCUT2D eigenvalue weighted by atomic mass is 10.1. The minimum absolute atomic E-state index is 0.630. The average molecular weight is 293 g/mol. The fourth-order valence-electron chi connectivity index (χ4n) is 1.86. The number of primary amides is 1. The molecule has 6 nitrogen and oxygen atoms in total.